The van der Waals surface area contributed by atoms with Gasteiger partial charge in [0.15, 0.2) is 5.69 Å². The maximum absolute atomic E-state index is 13.7. The molecule has 0 saturated heterocycles. The predicted molar refractivity (Wildman–Crippen MR) is 71.6 cm³/mol. The van der Waals surface area contributed by atoms with Crippen molar-refractivity contribution in [2.45, 2.75) is 19.3 Å². The maximum Gasteiger partial charge on any atom is 0.436 e. The monoisotopic (exact) mass is 329 g/mol. The molecule has 1 N–H and O–H groups in total. The van der Waals surface area contributed by atoms with Gasteiger partial charge in [0.2, 0.25) is 0 Å². The Morgan fingerprint density at radius 1 is 1.26 bits per heavy atom. The van der Waals surface area contributed by atoms with Crippen LogP contribution in [0.25, 0.3) is 0 Å². The minimum atomic E-state index is -4.87. The van der Waals surface area contributed by atoms with Crippen molar-refractivity contribution < 1.29 is 27.5 Å². The van der Waals surface area contributed by atoms with E-state index in [1.54, 1.807) is 6.07 Å². The highest BCUT2D eigenvalue weighted by Gasteiger charge is 2.44. The summed E-state index contributed by atoms with van der Waals surface area (Å²) in [5.41, 5.74) is -2.06. The molecule has 1 aliphatic rings. The van der Waals surface area contributed by atoms with E-state index in [0.29, 0.717) is 0 Å². The lowest BCUT2D eigenvalue weighted by Gasteiger charge is -2.18. The van der Waals surface area contributed by atoms with E-state index >= 15 is 0 Å². The van der Waals surface area contributed by atoms with Crippen LogP contribution in [0.2, 0.25) is 0 Å². The third-order valence-corrected chi connectivity index (χ3v) is 3.61. The number of nitrogens with zero attached hydrogens (tertiary/aromatic N) is 3. The highest BCUT2D eigenvalue weighted by molar-refractivity contribution is 5.95. The smallest absolute Gasteiger partial charge is 0.436 e. The molecule has 0 atom stereocenters. The minimum Gasteiger partial charge on any atom is -0.477 e. The number of hydrogen-bond acceptors (Lipinski definition) is 3. The number of rotatable bonds is 3. The number of benzene rings is 1. The summed E-state index contributed by atoms with van der Waals surface area (Å²) in [6.07, 6.45) is -4.87. The molecule has 1 aromatic heterocycles. The largest absolute Gasteiger partial charge is 0.477 e. The van der Waals surface area contributed by atoms with Crippen LogP contribution in [0, 0.1) is 5.82 Å². The minimum absolute atomic E-state index is 0.0318. The molecule has 0 spiro atoms. The number of halogens is 4. The van der Waals surface area contributed by atoms with Crippen LogP contribution in [-0.4, -0.2) is 27.4 Å². The number of anilines is 1. The van der Waals surface area contributed by atoms with Gasteiger partial charge < -0.3 is 10.0 Å². The Morgan fingerprint density at radius 3 is 2.57 bits per heavy atom. The van der Waals surface area contributed by atoms with Crippen LogP contribution in [0.3, 0.4) is 0 Å². The first-order chi connectivity index (χ1) is 10.8. The molecule has 0 bridgehead atoms. The average molecular weight is 329 g/mol. The van der Waals surface area contributed by atoms with Gasteiger partial charge in [-0.15, -0.1) is 0 Å². The van der Waals surface area contributed by atoms with Crippen molar-refractivity contribution >= 4 is 11.8 Å². The molecule has 0 unspecified atom stereocenters. The number of hydrogen-bond donors (Lipinski definition) is 1. The molecule has 0 amide bonds. The number of aromatic carboxylic acids is 1. The van der Waals surface area contributed by atoms with Gasteiger partial charge in [-0.1, -0.05) is 18.2 Å². The third-order valence-electron chi connectivity index (χ3n) is 3.61. The van der Waals surface area contributed by atoms with Gasteiger partial charge in [0.05, 0.1) is 6.54 Å². The predicted octanol–water partition coefficient (Wildman–Crippen LogP) is 2.76. The van der Waals surface area contributed by atoms with Crippen molar-refractivity contribution in [1.82, 2.24) is 9.78 Å². The molecule has 2 heterocycles. The highest BCUT2D eigenvalue weighted by Crippen LogP contribution is 2.38. The zero-order valence-corrected chi connectivity index (χ0v) is 11.6. The quantitative estimate of drug-likeness (QED) is 0.880. The van der Waals surface area contributed by atoms with E-state index in [2.05, 4.69) is 5.10 Å². The number of fused-ring (bicyclic) bond motifs is 1. The molecule has 1 aromatic carbocycles. The molecule has 3 rings (SSSR count). The normalized spacial score (nSPS) is 14.2. The van der Waals surface area contributed by atoms with Crippen LogP contribution in [0.5, 0.6) is 0 Å². The van der Waals surface area contributed by atoms with E-state index < -0.39 is 29.2 Å². The van der Waals surface area contributed by atoms with E-state index in [1.807, 2.05) is 0 Å². The SMILES string of the molecule is O=C(O)c1c(C(F)(F)F)nn2c1N(Cc1ccccc1F)CC2. The molecule has 0 radical (unpaired) electrons. The van der Waals surface area contributed by atoms with Crippen LogP contribution >= 0.6 is 0 Å². The van der Waals surface area contributed by atoms with E-state index in [1.165, 1.54) is 23.1 Å². The number of carbonyl (C=O) groups is 1. The van der Waals surface area contributed by atoms with Gasteiger partial charge in [-0.25, -0.2) is 13.9 Å². The van der Waals surface area contributed by atoms with Crippen LogP contribution < -0.4 is 4.90 Å². The van der Waals surface area contributed by atoms with Gasteiger partial charge in [0, 0.05) is 18.7 Å². The second kappa shape index (κ2) is 5.25. The number of alkyl halides is 3. The number of aromatic nitrogens is 2. The Morgan fingerprint density at radius 2 is 1.96 bits per heavy atom. The standard InChI is InChI=1S/C14H11F4N3O2/c15-9-4-2-1-3-8(9)7-20-5-6-21-12(20)10(13(22)23)11(19-21)14(16,17)18/h1-4H,5-7H2,(H,22,23). The first kappa shape index (κ1) is 15.3. The van der Waals surface area contributed by atoms with Gasteiger partial charge in [0.1, 0.15) is 17.2 Å². The zero-order chi connectivity index (χ0) is 16.8. The number of carboxylic acid groups (broad SMARTS) is 1. The molecule has 122 valence electrons. The summed E-state index contributed by atoms with van der Waals surface area (Å²) >= 11 is 0. The Labute approximate surface area is 127 Å². The fourth-order valence-electron chi connectivity index (χ4n) is 2.63. The summed E-state index contributed by atoms with van der Waals surface area (Å²) < 4.78 is 53.6. The lowest BCUT2D eigenvalue weighted by molar-refractivity contribution is -0.142. The molecular weight excluding hydrogens is 318 g/mol. The third kappa shape index (κ3) is 2.62. The molecular formula is C14H11F4N3O2. The summed E-state index contributed by atoms with van der Waals surface area (Å²) in [5, 5.41) is 12.5. The highest BCUT2D eigenvalue weighted by atomic mass is 19.4. The molecule has 0 aliphatic carbocycles. The zero-order valence-electron chi connectivity index (χ0n) is 11.6. The number of carboxylic acids is 1. The molecule has 0 fully saturated rings. The fourth-order valence-corrected chi connectivity index (χ4v) is 2.63. The van der Waals surface area contributed by atoms with Crippen LogP contribution in [-0.2, 0) is 19.3 Å². The van der Waals surface area contributed by atoms with Crippen LogP contribution in [0.15, 0.2) is 24.3 Å². The molecule has 1 aliphatic heterocycles. The van der Waals surface area contributed by atoms with Crippen LogP contribution in [0.4, 0.5) is 23.4 Å². The Kier molecular flexibility index (Phi) is 3.50. The maximum atomic E-state index is 13.7. The Balaban J connectivity index is 2.04. The average Bonchev–Trinajstić information content (AvgIpc) is 3.00. The van der Waals surface area contributed by atoms with Gasteiger partial charge in [-0.3, -0.25) is 0 Å². The van der Waals surface area contributed by atoms with Crippen LogP contribution in [0.1, 0.15) is 21.6 Å². The summed E-state index contributed by atoms with van der Waals surface area (Å²) in [6.45, 7) is 0.338. The second-order valence-electron chi connectivity index (χ2n) is 5.09. The van der Waals surface area contributed by atoms with E-state index in [-0.39, 0.29) is 31.0 Å². The van der Waals surface area contributed by atoms with Crippen molar-refractivity contribution in [3.05, 3.63) is 46.9 Å². The summed E-state index contributed by atoms with van der Waals surface area (Å²) in [4.78, 5) is 12.7. The Hall–Kier alpha value is -2.58. The molecule has 0 saturated carbocycles. The van der Waals surface area contributed by atoms with E-state index in [0.717, 1.165) is 4.68 Å². The first-order valence-corrected chi connectivity index (χ1v) is 6.68. The fraction of sp³-hybridized carbons (Fsp3) is 0.286. The van der Waals surface area contributed by atoms with Crippen molar-refractivity contribution in [2.24, 2.45) is 0 Å². The first-order valence-electron chi connectivity index (χ1n) is 6.68. The van der Waals surface area contributed by atoms with Crippen molar-refractivity contribution in [1.29, 1.82) is 0 Å². The Bertz CT molecular complexity index is 770. The lowest BCUT2D eigenvalue weighted by atomic mass is 10.1. The summed E-state index contributed by atoms with van der Waals surface area (Å²) in [6, 6.07) is 5.84. The topological polar surface area (TPSA) is 58.4 Å². The van der Waals surface area contributed by atoms with Gasteiger partial charge in [-0.2, -0.15) is 18.3 Å². The molecule has 2 aromatic rings. The summed E-state index contributed by atoms with van der Waals surface area (Å²) in [7, 11) is 0. The summed E-state index contributed by atoms with van der Waals surface area (Å²) in [5.74, 6) is -2.36. The molecule has 5 nitrogen and oxygen atoms in total. The van der Waals surface area contributed by atoms with Gasteiger partial charge in [0.25, 0.3) is 0 Å². The van der Waals surface area contributed by atoms with Crippen molar-refractivity contribution in [3.63, 3.8) is 0 Å². The van der Waals surface area contributed by atoms with Gasteiger partial charge >= 0.3 is 12.1 Å². The van der Waals surface area contributed by atoms with Crippen molar-refractivity contribution in [2.75, 3.05) is 11.4 Å². The van der Waals surface area contributed by atoms with E-state index in [4.69, 9.17) is 5.11 Å². The van der Waals surface area contributed by atoms with E-state index in [9.17, 15) is 22.4 Å². The molecule has 9 heteroatoms. The molecule has 23 heavy (non-hydrogen) atoms. The second-order valence-corrected chi connectivity index (χ2v) is 5.09. The van der Waals surface area contributed by atoms with Gasteiger partial charge in [-0.05, 0) is 6.07 Å². The lowest BCUT2D eigenvalue weighted by Crippen LogP contribution is -2.23. The van der Waals surface area contributed by atoms with Crippen molar-refractivity contribution in [3.8, 4) is 0 Å².